The van der Waals surface area contributed by atoms with Gasteiger partial charge in [0.15, 0.2) is 11.6 Å². The third-order valence-electron chi connectivity index (χ3n) is 5.04. The molecular formula is C23H18F2N2O3. The maximum atomic E-state index is 13.7. The predicted molar refractivity (Wildman–Crippen MR) is 106 cm³/mol. The van der Waals surface area contributed by atoms with Gasteiger partial charge in [-0.2, -0.15) is 0 Å². The van der Waals surface area contributed by atoms with Crippen molar-refractivity contribution in [1.29, 1.82) is 0 Å². The highest BCUT2D eigenvalue weighted by Crippen LogP contribution is 2.33. The van der Waals surface area contributed by atoms with Gasteiger partial charge in [0, 0.05) is 5.56 Å². The third kappa shape index (κ3) is 3.50. The van der Waals surface area contributed by atoms with Gasteiger partial charge in [0.05, 0.1) is 6.54 Å². The molecule has 1 unspecified atom stereocenters. The first-order valence-electron chi connectivity index (χ1n) is 9.29. The Bertz CT molecular complexity index is 1120. The molecule has 3 aromatic carbocycles. The first-order chi connectivity index (χ1) is 14.4. The number of carbonyl (C=O) groups excluding carboxylic acids is 2. The summed E-state index contributed by atoms with van der Waals surface area (Å²) in [6.45, 7) is 1.43. The number of imide groups is 1. The molecule has 1 saturated heterocycles. The number of amides is 3. The maximum absolute atomic E-state index is 13.7. The van der Waals surface area contributed by atoms with Gasteiger partial charge in [0.2, 0.25) is 0 Å². The van der Waals surface area contributed by atoms with Crippen molar-refractivity contribution in [2.24, 2.45) is 0 Å². The number of nitrogens with zero attached hydrogens (tertiary/aromatic N) is 1. The van der Waals surface area contributed by atoms with E-state index in [4.69, 9.17) is 4.74 Å². The molecule has 0 aromatic heterocycles. The minimum absolute atomic E-state index is 0.0348. The number of urea groups is 1. The molecule has 1 fully saturated rings. The topological polar surface area (TPSA) is 58.6 Å². The lowest BCUT2D eigenvalue weighted by molar-refractivity contribution is -0.131. The largest absolute Gasteiger partial charge is 0.457 e. The maximum Gasteiger partial charge on any atom is 0.325 e. The Labute approximate surface area is 171 Å². The van der Waals surface area contributed by atoms with Gasteiger partial charge in [-0.15, -0.1) is 0 Å². The lowest BCUT2D eigenvalue weighted by Crippen LogP contribution is -2.41. The summed E-state index contributed by atoms with van der Waals surface area (Å²) < 4.78 is 32.9. The lowest BCUT2D eigenvalue weighted by Gasteiger charge is -2.22. The van der Waals surface area contributed by atoms with E-state index in [1.165, 1.54) is 13.0 Å². The molecule has 1 aliphatic rings. The van der Waals surface area contributed by atoms with E-state index in [1.807, 2.05) is 18.2 Å². The zero-order valence-electron chi connectivity index (χ0n) is 16.1. The number of nitrogens with one attached hydrogen (secondary N) is 1. The molecule has 7 heteroatoms. The van der Waals surface area contributed by atoms with Gasteiger partial charge in [-0.25, -0.2) is 13.6 Å². The number of hydrogen-bond donors (Lipinski definition) is 1. The molecule has 0 aliphatic carbocycles. The van der Waals surface area contributed by atoms with Crippen LogP contribution in [0.2, 0.25) is 0 Å². The zero-order valence-corrected chi connectivity index (χ0v) is 16.1. The number of rotatable bonds is 5. The highest BCUT2D eigenvalue weighted by atomic mass is 19.2. The second-order valence-electron chi connectivity index (χ2n) is 7.10. The average molecular weight is 408 g/mol. The quantitative estimate of drug-likeness (QED) is 0.622. The smallest absolute Gasteiger partial charge is 0.325 e. The molecule has 4 rings (SSSR count). The van der Waals surface area contributed by atoms with Gasteiger partial charge < -0.3 is 10.1 Å². The van der Waals surface area contributed by atoms with Crippen molar-refractivity contribution in [1.82, 2.24) is 10.2 Å². The van der Waals surface area contributed by atoms with Crippen LogP contribution in [-0.4, -0.2) is 16.8 Å². The van der Waals surface area contributed by atoms with Crippen molar-refractivity contribution in [2.45, 2.75) is 19.0 Å². The van der Waals surface area contributed by atoms with Crippen molar-refractivity contribution in [2.75, 3.05) is 0 Å². The van der Waals surface area contributed by atoms with Gasteiger partial charge in [-0.05, 0) is 42.8 Å². The minimum atomic E-state index is -1.50. The summed E-state index contributed by atoms with van der Waals surface area (Å²) in [5.41, 5.74) is -0.712. The second-order valence-corrected chi connectivity index (χ2v) is 7.10. The van der Waals surface area contributed by atoms with Gasteiger partial charge in [0.1, 0.15) is 17.0 Å². The van der Waals surface area contributed by atoms with Crippen LogP contribution in [-0.2, 0) is 16.9 Å². The average Bonchev–Trinajstić information content (AvgIpc) is 2.96. The van der Waals surface area contributed by atoms with E-state index in [0.717, 1.165) is 17.0 Å². The summed E-state index contributed by atoms with van der Waals surface area (Å²) in [6.07, 6.45) is 0. The molecule has 0 radical (unpaired) electrons. The Kier molecular flexibility index (Phi) is 4.95. The normalized spacial score (nSPS) is 18.4. The van der Waals surface area contributed by atoms with E-state index in [1.54, 1.807) is 36.4 Å². The number of halogens is 2. The van der Waals surface area contributed by atoms with E-state index in [0.29, 0.717) is 17.1 Å². The first-order valence-corrected chi connectivity index (χ1v) is 9.29. The third-order valence-corrected chi connectivity index (χ3v) is 5.04. The number of ether oxygens (including phenoxy) is 1. The Morgan fingerprint density at radius 1 is 0.933 bits per heavy atom. The van der Waals surface area contributed by atoms with Crippen LogP contribution in [0.4, 0.5) is 13.6 Å². The molecule has 30 heavy (non-hydrogen) atoms. The number of carbonyl (C=O) groups is 2. The Morgan fingerprint density at radius 3 is 2.37 bits per heavy atom. The van der Waals surface area contributed by atoms with Crippen LogP contribution in [0.15, 0.2) is 72.8 Å². The fourth-order valence-corrected chi connectivity index (χ4v) is 3.36. The summed E-state index contributed by atoms with van der Waals surface area (Å²) in [7, 11) is 0. The van der Waals surface area contributed by atoms with Crippen LogP contribution < -0.4 is 10.1 Å². The molecule has 0 saturated carbocycles. The zero-order chi connectivity index (χ0) is 21.3. The summed E-state index contributed by atoms with van der Waals surface area (Å²) in [5.74, 6) is -1.55. The van der Waals surface area contributed by atoms with Crippen LogP contribution >= 0.6 is 0 Å². The Morgan fingerprint density at radius 2 is 1.63 bits per heavy atom. The summed E-state index contributed by atoms with van der Waals surface area (Å²) in [6, 6.07) is 18.7. The van der Waals surface area contributed by atoms with E-state index in [9.17, 15) is 18.4 Å². The molecule has 3 aromatic rings. The molecule has 1 heterocycles. The number of hydrogen-bond acceptors (Lipinski definition) is 3. The van der Waals surface area contributed by atoms with Crippen molar-refractivity contribution in [3.63, 3.8) is 0 Å². The lowest BCUT2D eigenvalue weighted by atomic mass is 9.92. The minimum Gasteiger partial charge on any atom is -0.457 e. The van der Waals surface area contributed by atoms with E-state index in [2.05, 4.69) is 5.32 Å². The van der Waals surface area contributed by atoms with Crippen LogP contribution in [0.3, 0.4) is 0 Å². The van der Waals surface area contributed by atoms with Gasteiger partial charge in [0.25, 0.3) is 5.91 Å². The number of para-hydroxylation sites is 2. The highest BCUT2D eigenvalue weighted by Gasteiger charge is 2.49. The van der Waals surface area contributed by atoms with Crippen molar-refractivity contribution in [3.8, 4) is 11.5 Å². The van der Waals surface area contributed by atoms with Crippen LogP contribution in [0.5, 0.6) is 11.5 Å². The molecule has 1 N–H and O–H groups in total. The van der Waals surface area contributed by atoms with Crippen molar-refractivity contribution in [3.05, 3.63) is 95.6 Å². The highest BCUT2D eigenvalue weighted by molar-refractivity contribution is 6.07. The van der Waals surface area contributed by atoms with Crippen molar-refractivity contribution < 1.29 is 23.1 Å². The van der Waals surface area contributed by atoms with Gasteiger partial charge >= 0.3 is 6.03 Å². The molecular weight excluding hydrogens is 390 g/mol. The molecule has 1 aliphatic heterocycles. The van der Waals surface area contributed by atoms with Crippen LogP contribution in [0.1, 0.15) is 18.1 Å². The summed E-state index contributed by atoms with van der Waals surface area (Å²) in [5, 5.41) is 2.59. The molecule has 5 nitrogen and oxygen atoms in total. The SMILES string of the molecule is CC1(c2ccc(F)c(F)c2)NC(=O)N(Cc2ccccc2Oc2ccccc2)C1=O. The molecule has 0 bridgehead atoms. The standard InChI is InChI=1S/C23H18F2N2O3/c1-23(16-11-12-18(24)19(25)13-16)21(28)27(22(29)26-23)14-15-7-5-6-10-20(15)30-17-8-3-2-4-9-17/h2-13H,14H2,1H3,(H,26,29). The molecule has 1 atom stereocenters. The monoisotopic (exact) mass is 408 g/mol. The first kappa shape index (κ1) is 19.6. The Balaban J connectivity index is 1.61. The van der Waals surface area contributed by atoms with Crippen LogP contribution in [0.25, 0.3) is 0 Å². The van der Waals surface area contributed by atoms with E-state index in [-0.39, 0.29) is 12.1 Å². The molecule has 152 valence electrons. The molecule has 3 amide bonds. The van der Waals surface area contributed by atoms with Gasteiger partial charge in [-0.3, -0.25) is 9.69 Å². The second kappa shape index (κ2) is 7.59. The fraction of sp³-hybridized carbons (Fsp3) is 0.130. The Hall–Kier alpha value is -3.74. The summed E-state index contributed by atoms with van der Waals surface area (Å²) >= 11 is 0. The van der Waals surface area contributed by atoms with Crippen LogP contribution in [0, 0.1) is 11.6 Å². The van der Waals surface area contributed by atoms with Crippen molar-refractivity contribution >= 4 is 11.9 Å². The van der Waals surface area contributed by atoms with E-state index < -0.39 is 29.1 Å². The fourth-order valence-electron chi connectivity index (χ4n) is 3.36. The summed E-state index contributed by atoms with van der Waals surface area (Å²) in [4.78, 5) is 26.7. The molecule has 0 spiro atoms. The van der Waals surface area contributed by atoms with Gasteiger partial charge in [-0.1, -0.05) is 42.5 Å². The predicted octanol–water partition coefficient (Wildman–Crippen LogP) is 4.72. The van der Waals surface area contributed by atoms with E-state index >= 15 is 0 Å². The number of benzene rings is 3.